The van der Waals surface area contributed by atoms with Gasteiger partial charge in [0, 0.05) is 17.1 Å². The molecule has 6 nitrogen and oxygen atoms in total. The van der Waals surface area contributed by atoms with Gasteiger partial charge in [-0.05, 0) is 75.5 Å². The second-order valence-corrected chi connectivity index (χ2v) is 9.12. The first-order valence-corrected chi connectivity index (χ1v) is 11.5. The van der Waals surface area contributed by atoms with Gasteiger partial charge in [-0.2, -0.15) is 4.98 Å². The van der Waals surface area contributed by atoms with E-state index in [1.165, 1.54) is 11.1 Å². The molecule has 4 rings (SSSR count). The van der Waals surface area contributed by atoms with Gasteiger partial charge >= 0.3 is 0 Å². The van der Waals surface area contributed by atoms with E-state index < -0.39 is 0 Å². The minimum absolute atomic E-state index is 0.0173. The molecule has 2 heterocycles. The summed E-state index contributed by atoms with van der Waals surface area (Å²) in [6, 6.07) is 13.7. The number of carbonyl (C=O) groups excluding carboxylic acids is 1. The molecule has 2 atom stereocenters. The number of rotatable bonds is 6. The number of nitrogens with one attached hydrogen (secondary N) is 1. The predicted molar refractivity (Wildman–Crippen MR) is 125 cm³/mol. The molecule has 1 saturated heterocycles. The van der Waals surface area contributed by atoms with Gasteiger partial charge in [-0.15, -0.1) is 0 Å². The molecule has 168 valence electrons. The molecule has 1 aromatic heterocycles. The van der Waals surface area contributed by atoms with Crippen LogP contribution in [0.15, 0.2) is 47.0 Å². The molecule has 1 aliphatic heterocycles. The van der Waals surface area contributed by atoms with Crippen LogP contribution in [0.25, 0.3) is 11.4 Å². The molecular formula is C25H29ClN4O2. The summed E-state index contributed by atoms with van der Waals surface area (Å²) in [4.78, 5) is 19.7. The number of piperidine rings is 1. The van der Waals surface area contributed by atoms with Crippen molar-refractivity contribution in [3.05, 3.63) is 70.1 Å². The molecule has 0 saturated carbocycles. The van der Waals surface area contributed by atoms with Gasteiger partial charge in [-0.25, -0.2) is 0 Å². The summed E-state index contributed by atoms with van der Waals surface area (Å²) in [6.07, 6.45) is 1.86. The Hall–Kier alpha value is -2.70. The molecule has 1 aliphatic rings. The zero-order valence-corrected chi connectivity index (χ0v) is 19.5. The minimum atomic E-state index is -0.0457. The molecule has 2 unspecified atom stereocenters. The van der Waals surface area contributed by atoms with Crippen molar-refractivity contribution in [2.24, 2.45) is 5.92 Å². The Labute approximate surface area is 194 Å². The van der Waals surface area contributed by atoms with Gasteiger partial charge in [-0.1, -0.05) is 40.5 Å². The minimum Gasteiger partial charge on any atom is -0.349 e. The molecule has 0 aliphatic carbocycles. The Morgan fingerprint density at radius 2 is 2.03 bits per heavy atom. The van der Waals surface area contributed by atoms with Crippen molar-refractivity contribution in [2.75, 3.05) is 13.1 Å². The maximum Gasteiger partial charge on any atom is 0.241 e. The molecule has 0 spiro atoms. The van der Waals surface area contributed by atoms with Crippen LogP contribution in [-0.2, 0) is 11.3 Å². The number of amides is 1. The maximum absolute atomic E-state index is 13.0. The zero-order chi connectivity index (χ0) is 22.7. The van der Waals surface area contributed by atoms with E-state index in [9.17, 15) is 4.79 Å². The number of aryl methyl sites for hydroxylation is 2. The highest BCUT2D eigenvalue weighted by atomic mass is 35.5. The van der Waals surface area contributed by atoms with Crippen LogP contribution in [0.4, 0.5) is 0 Å². The van der Waals surface area contributed by atoms with E-state index in [2.05, 4.69) is 52.4 Å². The number of benzene rings is 2. The quantitative estimate of drug-likeness (QED) is 0.563. The molecule has 1 fully saturated rings. The third-order valence-electron chi connectivity index (χ3n) is 6.06. The van der Waals surface area contributed by atoms with Crippen LogP contribution in [-0.4, -0.2) is 34.0 Å². The van der Waals surface area contributed by atoms with Crippen LogP contribution in [0.5, 0.6) is 0 Å². The fraction of sp³-hybridized carbons (Fsp3) is 0.400. The highest BCUT2D eigenvalue weighted by Gasteiger charge is 2.28. The molecule has 32 heavy (non-hydrogen) atoms. The third kappa shape index (κ3) is 5.37. The average Bonchev–Trinajstić information content (AvgIpc) is 3.22. The summed E-state index contributed by atoms with van der Waals surface area (Å²) in [5.74, 6) is 1.16. The van der Waals surface area contributed by atoms with Gasteiger partial charge in [0.1, 0.15) is 0 Å². The fourth-order valence-electron chi connectivity index (χ4n) is 4.36. The summed E-state index contributed by atoms with van der Waals surface area (Å²) >= 11 is 5.95. The largest absolute Gasteiger partial charge is 0.349 e. The normalized spacial score (nSPS) is 17.8. The smallest absolute Gasteiger partial charge is 0.241 e. The number of likely N-dealkylation sites (tertiary alicyclic amines) is 1. The highest BCUT2D eigenvalue weighted by Crippen LogP contribution is 2.23. The lowest BCUT2D eigenvalue weighted by Gasteiger charge is -2.31. The number of carbonyl (C=O) groups is 1. The standard InChI is InChI=1S/C25H29ClN4O2/c1-16-6-11-22(17(2)13-16)18(3)27-25(31)20-5-4-12-30(14-20)15-23-28-24(29-32-23)19-7-9-21(26)10-8-19/h6-11,13,18,20H,4-5,12,14-15H2,1-3H3,(H,27,31). The van der Waals surface area contributed by atoms with Crippen molar-refractivity contribution in [1.29, 1.82) is 0 Å². The molecule has 1 N–H and O–H groups in total. The molecule has 3 aromatic rings. The van der Waals surface area contributed by atoms with E-state index in [1.54, 1.807) is 12.1 Å². The van der Waals surface area contributed by atoms with Crippen LogP contribution in [0.2, 0.25) is 5.02 Å². The van der Waals surface area contributed by atoms with Crippen LogP contribution < -0.4 is 5.32 Å². The summed E-state index contributed by atoms with van der Waals surface area (Å²) < 4.78 is 5.46. The van der Waals surface area contributed by atoms with Crippen LogP contribution in [0.3, 0.4) is 0 Å². The van der Waals surface area contributed by atoms with E-state index in [1.807, 2.05) is 19.1 Å². The molecule has 7 heteroatoms. The Morgan fingerprint density at radius 3 is 2.78 bits per heavy atom. The summed E-state index contributed by atoms with van der Waals surface area (Å²) in [5.41, 5.74) is 4.46. The Balaban J connectivity index is 1.35. The van der Waals surface area contributed by atoms with E-state index in [4.69, 9.17) is 16.1 Å². The zero-order valence-electron chi connectivity index (χ0n) is 18.8. The second kappa shape index (κ2) is 9.84. The van der Waals surface area contributed by atoms with Crippen LogP contribution >= 0.6 is 11.6 Å². The third-order valence-corrected chi connectivity index (χ3v) is 6.31. The number of nitrogens with zero attached hydrogens (tertiary/aromatic N) is 3. The Kier molecular flexibility index (Phi) is 6.92. The molecular weight excluding hydrogens is 424 g/mol. The van der Waals surface area contributed by atoms with Crippen LogP contribution in [0, 0.1) is 19.8 Å². The molecule has 2 aromatic carbocycles. The Bertz CT molecular complexity index is 1080. The van der Waals surface area contributed by atoms with Gasteiger partial charge in [0.15, 0.2) is 0 Å². The lowest BCUT2D eigenvalue weighted by Crippen LogP contribution is -2.43. The maximum atomic E-state index is 13.0. The summed E-state index contributed by atoms with van der Waals surface area (Å²) in [5, 5.41) is 7.97. The van der Waals surface area contributed by atoms with Gasteiger partial charge in [0.2, 0.25) is 17.6 Å². The lowest BCUT2D eigenvalue weighted by atomic mass is 9.95. The molecule has 0 bridgehead atoms. The first-order chi connectivity index (χ1) is 15.4. The van der Waals surface area contributed by atoms with E-state index >= 15 is 0 Å². The molecule has 1 amide bonds. The average molecular weight is 453 g/mol. The SMILES string of the molecule is Cc1ccc(C(C)NC(=O)C2CCCN(Cc3nc(-c4ccc(Cl)cc4)no3)C2)c(C)c1. The van der Waals surface area contributed by atoms with Crippen molar-refractivity contribution < 1.29 is 9.32 Å². The Morgan fingerprint density at radius 1 is 1.25 bits per heavy atom. The second-order valence-electron chi connectivity index (χ2n) is 8.68. The summed E-state index contributed by atoms with van der Waals surface area (Å²) in [6.45, 7) is 8.36. The lowest BCUT2D eigenvalue weighted by molar-refractivity contribution is -0.127. The van der Waals surface area contributed by atoms with Gasteiger partial charge < -0.3 is 9.84 Å². The number of halogens is 1. The predicted octanol–water partition coefficient (Wildman–Crippen LogP) is 5.10. The highest BCUT2D eigenvalue weighted by molar-refractivity contribution is 6.30. The number of hydrogen-bond donors (Lipinski definition) is 1. The summed E-state index contributed by atoms with van der Waals surface area (Å²) in [7, 11) is 0. The first-order valence-electron chi connectivity index (χ1n) is 11.1. The van der Waals surface area contributed by atoms with Crippen molar-refractivity contribution in [3.8, 4) is 11.4 Å². The van der Waals surface area contributed by atoms with Crippen molar-refractivity contribution in [3.63, 3.8) is 0 Å². The number of aromatic nitrogens is 2. The van der Waals surface area contributed by atoms with Gasteiger partial charge in [0.05, 0.1) is 18.5 Å². The number of hydrogen-bond acceptors (Lipinski definition) is 5. The monoisotopic (exact) mass is 452 g/mol. The van der Waals surface area contributed by atoms with E-state index in [-0.39, 0.29) is 17.9 Å². The van der Waals surface area contributed by atoms with Crippen LogP contribution in [0.1, 0.15) is 48.4 Å². The fourth-order valence-corrected chi connectivity index (χ4v) is 4.49. The van der Waals surface area contributed by atoms with Crippen molar-refractivity contribution in [1.82, 2.24) is 20.4 Å². The van der Waals surface area contributed by atoms with Gasteiger partial charge in [0.25, 0.3) is 0 Å². The first kappa shape index (κ1) is 22.5. The molecule has 0 radical (unpaired) electrons. The van der Waals surface area contributed by atoms with E-state index in [0.717, 1.165) is 30.5 Å². The topological polar surface area (TPSA) is 71.3 Å². The van der Waals surface area contributed by atoms with Gasteiger partial charge in [-0.3, -0.25) is 9.69 Å². The van der Waals surface area contributed by atoms with Crippen molar-refractivity contribution in [2.45, 2.75) is 46.2 Å². The van der Waals surface area contributed by atoms with Crippen molar-refractivity contribution >= 4 is 17.5 Å². The van der Waals surface area contributed by atoms with E-state index in [0.29, 0.717) is 29.8 Å².